The van der Waals surface area contributed by atoms with E-state index in [9.17, 15) is 4.79 Å². The lowest BCUT2D eigenvalue weighted by Gasteiger charge is -2.22. The summed E-state index contributed by atoms with van der Waals surface area (Å²) in [7, 11) is 1.62. The first kappa shape index (κ1) is 19.5. The Morgan fingerprint density at radius 1 is 1.08 bits per heavy atom. The van der Waals surface area contributed by atoms with Crippen LogP contribution in [0, 0.1) is 0 Å². The van der Waals surface area contributed by atoms with Crippen molar-refractivity contribution < 1.29 is 14.3 Å². The molecule has 0 heterocycles. The maximum Gasteiger partial charge on any atom is 0.277 e. The number of hydrogen-bond acceptors (Lipinski definition) is 4. The zero-order valence-corrected chi connectivity index (χ0v) is 16.0. The Balaban J connectivity index is 1.95. The Labute approximate surface area is 155 Å². The highest BCUT2D eigenvalue weighted by molar-refractivity contribution is 5.99. The van der Waals surface area contributed by atoms with Crippen molar-refractivity contribution in [2.24, 2.45) is 5.10 Å². The van der Waals surface area contributed by atoms with Crippen molar-refractivity contribution in [3.63, 3.8) is 0 Å². The molecule has 0 saturated heterocycles. The van der Waals surface area contributed by atoms with Crippen LogP contribution in [0.1, 0.15) is 38.8 Å². The minimum Gasteiger partial charge on any atom is -0.497 e. The fourth-order valence-corrected chi connectivity index (χ4v) is 2.43. The van der Waals surface area contributed by atoms with Gasteiger partial charge in [-0.25, -0.2) is 5.43 Å². The van der Waals surface area contributed by atoms with Gasteiger partial charge in [0.1, 0.15) is 11.5 Å². The average molecular weight is 354 g/mol. The minimum absolute atomic E-state index is 0.0593. The number of nitrogens with zero attached hydrogens (tertiary/aromatic N) is 1. The molecule has 0 aliphatic heterocycles. The van der Waals surface area contributed by atoms with Gasteiger partial charge in [0, 0.05) is 0 Å². The molecule has 0 aliphatic rings. The summed E-state index contributed by atoms with van der Waals surface area (Å²) in [6, 6.07) is 15.2. The first-order valence-corrected chi connectivity index (χ1v) is 8.51. The molecule has 26 heavy (non-hydrogen) atoms. The molecule has 0 fully saturated rings. The zero-order chi connectivity index (χ0) is 19.2. The fourth-order valence-electron chi connectivity index (χ4n) is 2.43. The molecule has 0 unspecified atom stereocenters. The highest BCUT2D eigenvalue weighted by atomic mass is 16.5. The van der Waals surface area contributed by atoms with E-state index in [2.05, 4.69) is 31.3 Å². The Bertz CT molecular complexity index is 775. The molecule has 0 aliphatic carbocycles. The van der Waals surface area contributed by atoms with Gasteiger partial charge in [-0.1, -0.05) is 39.0 Å². The molecule has 138 valence electrons. The van der Waals surface area contributed by atoms with Crippen molar-refractivity contribution in [3.05, 3.63) is 59.7 Å². The fraction of sp³-hybridized carbons (Fsp3) is 0.333. The van der Waals surface area contributed by atoms with Gasteiger partial charge in [0.05, 0.1) is 12.8 Å². The largest absolute Gasteiger partial charge is 0.497 e. The van der Waals surface area contributed by atoms with Crippen LogP contribution in [0.25, 0.3) is 0 Å². The minimum atomic E-state index is -0.304. The van der Waals surface area contributed by atoms with Gasteiger partial charge in [-0.15, -0.1) is 0 Å². The number of ether oxygens (including phenoxy) is 2. The smallest absolute Gasteiger partial charge is 0.277 e. The van der Waals surface area contributed by atoms with Crippen LogP contribution < -0.4 is 14.9 Å². The van der Waals surface area contributed by atoms with Gasteiger partial charge in [-0.05, 0) is 53.8 Å². The molecule has 5 heteroatoms. The van der Waals surface area contributed by atoms with E-state index >= 15 is 0 Å². The summed E-state index contributed by atoms with van der Waals surface area (Å²) < 4.78 is 10.8. The van der Waals surface area contributed by atoms with E-state index in [0.717, 1.165) is 16.9 Å². The molecule has 2 aromatic rings. The number of hydrogen-bond donors (Lipinski definition) is 1. The molecular weight excluding hydrogens is 328 g/mol. The molecule has 2 rings (SSSR count). The van der Waals surface area contributed by atoms with Crippen LogP contribution >= 0.6 is 0 Å². The van der Waals surface area contributed by atoms with Crippen molar-refractivity contribution >= 4 is 11.6 Å². The molecule has 1 amide bonds. The van der Waals surface area contributed by atoms with Crippen molar-refractivity contribution in [2.45, 2.75) is 33.1 Å². The second-order valence-corrected chi connectivity index (χ2v) is 7.00. The van der Waals surface area contributed by atoms with Gasteiger partial charge >= 0.3 is 0 Å². The molecule has 0 spiro atoms. The van der Waals surface area contributed by atoms with E-state index in [1.165, 1.54) is 0 Å². The standard InChI is InChI=1S/C21H26N2O3/c1-15(16-10-12-17(25-5)13-11-16)22-23-20(24)14-26-19-9-7-6-8-18(19)21(2,3)4/h6-13H,14H2,1-5H3,(H,23,24)/b22-15-. The van der Waals surface area contributed by atoms with Crippen LogP contribution in [0.15, 0.2) is 53.6 Å². The second-order valence-electron chi connectivity index (χ2n) is 7.00. The predicted molar refractivity (Wildman–Crippen MR) is 104 cm³/mol. The van der Waals surface area contributed by atoms with Gasteiger partial charge in [0.15, 0.2) is 6.61 Å². The van der Waals surface area contributed by atoms with Gasteiger partial charge in [-0.2, -0.15) is 5.10 Å². The highest BCUT2D eigenvalue weighted by Gasteiger charge is 2.18. The SMILES string of the molecule is COc1ccc(/C(C)=N\NC(=O)COc2ccccc2C(C)(C)C)cc1. The summed E-state index contributed by atoms with van der Waals surface area (Å²) >= 11 is 0. The van der Waals surface area contributed by atoms with E-state index in [1.807, 2.05) is 55.5 Å². The summed E-state index contributed by atoms with van der Waals surface area (Å²) in [5, 5.41) is 4.13. The molecule has 5 nitrogen and oxygen atoms in total. The Hall–Kier alpha value is -2.82. The van der Waals surface area contributed by atoms with E-state index < -0.39 is 0 Å². The zero-order valence-electron chi connectivity index (χ0n) is 16.0. The lowest BCUT2D eigenvalue weighted by molar-refractivity contribution is -0.123. The van der Waals surface area contributed by atoms with E-state index in [0.29, 0.717) is 11.5 Å². The monoisotopic (exact) mass is 354 g/mol. The van der Waals surface area contributed by atoms with Crippen LogP contribution in [0.2, 0.25) is 0 Å². The van der Waals surface area contributed by atoms with E-state index in [1.54, 1.807) is 7.11 Å². The molecule has 1 N–H and O–H groups in total. The molecule has 2 aromatic carbocycles. The third kappa shape index (κ3) is 5.34. The van der Waals surface area contributed by atoms with Crippen molar-refractivity contribution in [3.8, 4) is 11.5 Å². The van der Waals surface area contributed by atoms with Crippen molar-refractivity contribution in [2.75, 3.05) is 13.7 Å². The van der Waals surface area contributed by atoms with Crippen LogP contribution in [0.5, 0.6) is 11.5 Å². The molecule has 0 saturated carbocycles. The van der Waals surface area contributed by atoms with Crippen LogP contribution in [-0.4, -0.2) is 25.3 Å². The number of amides is 1. The maximum atomic E-state index is 12.1. The first-order valence-electron chi connectivity index (χ1n) is 8.51. The van der Waals surface area contributed by atoms with Crippen LogP contribution in [-0.2, 0) is 10.2 Å². The topological polar surface area (TPSA) is 59.9 Å². The second kappa shape index (κ2) is 8.52. The summed E-state index contributed by atoms with van der Waals surface area (Å²) in [6.07, 6.45) is 0. The number of para-hydroxylation sites is 1. The first-order chi connectivity index (χ1) is 12.3. The Morgan fingerprint density at radius 3 is 2.35 bits per heavy atom. The van der Waals surface area contributed by atoms with Gasteiger partial charge in [0.25, 0.3) is 5.91 Å². The molecule has 0 aromatic heterocycles. The van der Waals surface area contributed by atoms with Gasteiger partial charge in [-0.3, -0.25) is 4.79 Å². The summed E-state index contributed by atoms with van der Waals surface area (Å²) in [5.74, 6) is 1.18. The van der Waals surface area contributed by atoms with Gasteiger partial charge in [0.2, 0.25) is 0 Å². The molecular formula is C21H26N2O3. The number of nitrogens with one attached hydrogen (secondary N) is 1. The number of rotatable bonds is 6. The number of hydrazone groups is 1. The highest BCUT2D eigenvalue weighted by Crippen LogP contribution is 2.30. The normalized spacial score (nSPS) is 11.8. The third-order valence-corrected chi connectivity index (χ3v) is 3.91. The lowest BCUT2D eigenvalue weighted by atomic mass is 9.86. The van der Waals surface area contributed by atoms with Crippen LogP contribution in [0.4, 0.5) is 0 Å². The van der Waals surface area contributed by atoms with Crippen LogP contribution in [0.3, 0.4) is 0 Å². The third-order valence-electron chi connectivity index (χ3n) is 3.91. The summed E-state index contributed by atoms with van der Waals surface area (Å²) in [5.41, 5.74) is 5.14. The molecule has 0 atom stereocenters. The average Bonchev–Trinajstić information content (AvgIpc) is 2.64. The Kier molecular flexibility index (Phi) is 6.39. The van der Waals surface area contributed by atoms with Crippen molar-refractivity contribution in [1.82, 2.24) is 5.43 Å². The number of carbonyl (C=O) groups is 1. The summed E-state index contributed by atoms with van der Waals surface area (Å²) in [6.45, 7) is 8.07. The van der Waals surface area contributed by atoms with Crippen molar-refractivity contribution in [1.29, 1.82) is 0 Å². The lowest BCUT2D eigenvalue weighted by Crippen LogP contribution is -2.26. The molecule has 0 radical (unpaired) electrons. The van der Waals surface area contributed by atoms with Gasteiger partial charge < -0.3 is 9.47 Å². The number of carbonyl (C=O) groups excluding carboxylic acids is 1. The maximum absolute atomic E-state index is 12.1. The number of methoxy groups -OCH3 is 1. The quantitative estimate of drug-likeness (QED) is 0.632. The molecule has 0 bridgehead atoms. The predicted octanol–water partition coefficient (Wildman–Crippen LogP) is 3.91. The van der Waals surface area contributed by atoms with E-state index in [4.69, 9.17) is 9.47 Å². The Morgan fingerprint density at radius 2 is 1.73 bits per heavy atom. The number of benzene rings is 2. The van der Waals surface area contributed by atoms with E-state index in [-0.39, 0.29) is 17.9 Å². The summed E-state index contributed by atoms with van der Waals surface area (Å²) in [4.78, 5) is 12.1.